The van der Waals surface area contributed by atoms with Gasteiger partial charge in [0.15, 0.2) is 0 Å². The van der Waals surface area contributed by atoms with Gasteiger partial charge >= 0.3 is 5.97 Å². The Morgan fingerprint density at radius 1 is 0.340 bits per heavy atom. The van der Waals surface area contributed by atoms with Crippen LogP contribution in [0.25, 0.3) is 0 Å². The minimum absolute atomic E-state index is 0.00627. The molecule has 0 saturated carbocycles. The first-order valence-corrected chi connectivity index (χ1v) is 30.3. The minimum Gasteiger partial charge on any atom is -0.480 e. The van der Waals surface area contributed by atoms with Crippen molar-refractivity contribution in [2.75, 3.05) is 51.6 Å². The van der Waals surface area contributed by atoms with E-state index in [1.54, 1.807) is 0 Å². The number of rotatable bonds is 46. The third-order valence-corrected chi connectivity index (χ3v) is 13.3. The summed E-state index contributed by atoms with van der Waals surface area (Å²) in [5, 5.41) is 46.6. The molecule has 0 aromatic heterocycles. The SMILES string of the molecule is CC(=O)N[C@@H](C)C(=O)N[C@H](CCC(N)=O)C(=O)N[C@@H](CCCCNC(=O)CNC(=O)CNC(=O)CNC(=O)CNC(=O)CNC(=O)[C@@H](C)NC(=O)[C@H](CCCCN)NC(=O)[C@@H](CCC(N)=O)NC(=O)[C@H](C)NC(=O)[C@H](CS)NC(C)=O)C(=O)N[C@H](C)C(=O)N[C@H](C)C(=O)O. The van der Waals surface area contributed by atoms with E-state index < -0.39 is 205 Å². The van der Waals surface area contributed by atoms with Crippen LogP contribution in [0.4, 0.5) is 0 Å². The Labute approximate surface area is 546 Å². The number of hydrogen-bond acceptors (Lipinski definition) is 21. The monoisotopic (exact) mass is 1360 g/mol. The number of primary amides is 2. The number of carbonyl (C=O) groups excluding carboxylic acids is 18. The number of aliphatic carboxylic acids is 1. The first kappa shape index (κ1) is 84.2. The van der Waals surface area contributed by atoms with Crippen molar-refractivity contribution in [2.24, 2.45) is 17.2 Å². The normalized spacial score (nSPS) is 13.8. The van der Waals surface area contributed by atoms with Crippen molar-refractivity contribution in [3.05, 3.63) is 0 Å². The molecule has 94 heavy (non-hydrogen) atoms. The van der Waals surface area contributed by atoms with Crippen LogP contribution in [0.15, 0.2) is 0 Å². The predicted molar refractivity (Wildman–Crippen MR) is 332 cm³/mol. The highest BCUT2D eigenvalue weighted by atomic mass is 32.1. The van der Waals surface area contributed by atoms with Gasteiger partial charge < -0.3 is 107 Å². The fourth-order valence-corrected chi connectivity index (χ4v) is 7.93. The molecule has 10 atom stereocenters. The number of nitrogens with two attached hydrogens (primary N) is 3. The summed E-state index contributed by atoms with van der Waals surface area (Å²) in [5.74, 6) is -16.1. The van der Waals surface area contributed by atoms with Crippen molar-refractivity contribution in [1.82, 2.24) is 85.1 Å². The maximum Gasteiger partial charge on any atom is 0.325 e. The molecule has 39 nitrogen and oxygen atoms in total. The molecule has 528 valence electrons. The van der Waals surface area contributed by atoms with Crippen LogP contribution in [0.2, 0.25) is 0 Å². The van der Waals surface area contributed by atoms with Gasteiger partial charge in [0, 0.05) is 39.0 Å². The van der Waals surface area contributed by atoms with Crippen molar-refractivity contribution in [3.63, 3.8) is 0 Å². The molecule has 0 heterocycles. The van der Waals surface area contributed by atoms with Gasteiger partial charge in [-0.15, -0.1) is 0 Å². The summed E-state index contributed by atoms with van der Waals surface area (Å²) in [5.41, 5.74) is 16.2. The zero-order chi connectivity index (χ0) is 71.8. The van der Waals surface area contributed by atoms with Crippen molar-refractivity contribution in [1.29, 1.82) is 0 Å². The number of unbranched alkanes of at least 4 members (excludes halogenated alkanes) is 2. The molecule has 0 unspecified atom stereocenters. The molecule has 23 N–H and O–H groups in total. The largest absolute Gasteiger partial charge is 0.480 e. The molecule has 18 amide bonds. The first-order valence-electron chi connectivity index (χ1n) is 29.7. The topological polar surface area (TPSA) is 615 Å². The van der Waals surface area contributed by atoms with Crippen LogP contribution in [0.1, 0.15) is 113 Å². The first-order chi connectivity index (χ1) is 44.0. The lowest BCUT2D eigenvalue weighted by atomic mass is 10.1. The van der Waals surface area contributed by atoms with Gasteiger partial charge in [-0.05, 0) is 92.5 Å². The highest BCUT2D eigenvalue weighted by Crippen LogP contribution is 2.08. The number of carboxylic acids is 1. The zero-order valence-electron chi connectivity index (χ0n) is 53.4. The summed E-state index contributed by atoms with van der Waals surface area (Å²) in [7, 11) is 0. The second-order valence-corrected chi connectivity index (χ2v) is 21.7. The average molecular weight is 1360 g/mol. The van der Waals surface area contributed by atoms with Crippen molar-refractivity contribution >= 4 is 125 Å². The Morgan fingerprint density at radius 2 is 0.638 bits per heavy atom. The molecule has 0 radical (unpaired) electrons. The second kappa shape index (κ2) is 45.5. The number of hydrogen-bond donors (Lipinski definition) is 21. The van der Waals surface area contributed by atoms with Gasteiger partial charge in [-0.2, -0.15) is 12.6 Å². The lowest BCUT2D eigenvalue weighted by Gasteiger charge is -2.25. The van der Waals surface area contributed by atoms with E-state index in [4.69, 9.17) is 22.3 Å². The summed E-state index contributed by atoms with van der Waals surface area (Å²) >= 11 is 4.02. The maximum absolute atomic E-state index is 13.6. The van der Waals surface area contributed by atoms with Crippen LogP contribution in [0.3, 0.4) is 0 Å². The lowest BCUT2D eigenvalue weighted by molar-refractivity contribution is -0.141. The van der Waals surface area contributed by atoms with Crippen molar-refractivity contribution in [3.8, 4) is 0 Å². The van der Waals surface area contributed by atoms with Gasteiger partial charge in [-0.25, -0.2) is 0 Å². The van der Waals surface area contributed by atoms with Gasteiger partial charge in [0.25, 0.3) is 0 Å². The number of nitrogens with one attached hydrogen (secondary N) is 16. The molecule has 0 aliphatic rings. The molecule has 0 fully saturated rings. The Morgan fingerprint density at radius 3 is 1.00 bits per heavy atom. The van der Waals surface area contributed by atoms with E-state index in [2.05, 4.69) is 97.7 Å². The summed E-state index contributed by atoms with van der Waals surface area (Å²) in [6, 6.07) is -13.0. The highest BCUT2D eigenvalue weighted by Gasteiger charge is 2.33. The average Bonchev–Trinajstić information content (AvgIpc) is 0.932. The van der Waals surface area contributed by atoms with E-state index >= 15 is 0 Å². The number of carboxylic acid groups (broad SMARTS) is 1. The molecule has 40 heteroatoms. The number of carbonyl (C=O) groups is 19. The van der Waals surface area contributed by atoms with Gasteiger partial charge in [-0.3, -0.25) is 91.1 Å². The number of amides is 18. The molecule has 0 aromatic rings. The Hall–Kier alpha value is -9.76. The van der Waals surface area contributed by atoms with E-state index in [0.717, 1.165) is 6.92 Å². The maximum atomic E-state index is 13.6. The third-order valence-electron chi connectivity index (χ3n) is 13.0. The van der Waals surface area contributed by atoms with Gasteiger partial charge in [0.1, 0.15) is 60.4 Å². The molecule has 0 rings (SSSR count). The lowest BCUT2D eigenvalue weighted by Crippen LogP contribution is -2.58. The number of thiol groups is 1. The fourth-order valence-electron chi connectivity index (χ4n) is 7.68. The van der Waals surface area contributed by atoms with Crippen LogP contribution in [0, 0.1) is 0 Å². The van der Waals surface area contributed by atoms with Gasteiger partial charge in [0.05, 0.1) is 32.7 Å². The quantitative estimate of drug-likeness (QED) is 0.0199. The summed E-state index contributed by atoms with van der Waals surface area (Å²) < 4.78 is 0. The molecule has 0 aliphatic carbocycles. The smallest absolute Gasteiger partial charge is 0.325 e. The third kappa shape index (κ3) is 37.5. The van der Waals surface area contributed by atoms with E-state index in [-0.39, 0.29) is 70.2 Å². The minimum atomic E-state index is -1.46. The van der Waals surface area contributed by atoms with Gasteiger partial charge in [-0.1, -0.05) is 0 Å². The Kier molecular flexibility index (Phi) is 40.8. The molecular formula is C54H91N19O20S. The molecule has 0 saturated heterocycles. The second-order valence-electron chi connectivity index (χ2n) is 21.3. The highest BCUT2D eigenvalue weighted by molar-refractivity contribution is 7.80. The molecule has 0 bridgehead atoms. The van der Waals surface area contributed by atoms with Crippen molar-refractivity contribution < 1.29 is 96.2 Å². The molecular weight excluding hydrogens is 1270 g/mol. The molecule has 0 aromatic carbocycles. The summed E-state index contributed by atoms with van der Waals surface area (Å²) in [4.78, 5) is 238. The Balaban J connectivity index is 5.25. The summed E-state index contributed by atoms with van der Waals surface area (Å²) in [6.45, 7) is 5.61. The fraction of sp³-hybridized carbons (Fsp3) is 0.648. The standard InChI is InChI=1S/C54H91N19O20S/c1-26(65-49(87)33(12-8-10-18-55)72-52(90)36(15-17-39(57)77)71-48(86)29(4)67-53(91)37(25-94)69-32(7)75)45(83)63-24-44(82)62-23-43(81)61-22-42(80)60-21-41(79)59-20-40(78)58-19-11-9-13-34(50(88)66-28(3)46(84)68-30(5)54(92)93)73-51(89)35(14-16-38(56)76)70-47(85)27(2)64-31(6)74/h26-30,33-37,94H,8-25,55H2,1-7H3,(H2,56,76)(H2,57,77)(H,58,78)(H,59,79)(H,60,80)(H,61,81)(H,62,82)(H,63,83)(H,64,74)(H,65,87)(H,66,88)(H,67,91)(H,68,84)(H,69,75)(H,70,85)(H,71,86)(H,72,90)(H,73,89)(H,92,93)/t26-,27+,28-,29+,30-,33+,34+,35-,36-,37+/m1/s1. The predicted octanol–water partition coefficient (Wildman–Crippen LogP) is -10.5. The van der Waals surface area contributed by atoms with E-state index in [0.29, 0.717) is 12.8 Å². The van der Waals surface area contributed by atoms with Crippen LogP contribution >= 0.6 is 12.6 Å². The zero-order valence-corrected chi connectivity index (χ0v) is 54.3. The van der Waals surface area contributed by atoms with Crippen LogP contribution in [0.5, 0.6) is 0 Å². The van der Waals surface area contributed by atoms with Crippen LogP contribution in [-0.4, -0.2) is 229 Å². The molecule has 0 aliphatic heterocycles. The Bertz CT molecular complexity index is 2720. The van der Waals surface area contributed by atoms with Crippen LogP contribution < -0.4 is 102 Å². The van der Waals surface area contributed by atoms with Crippen LogP contribution in [-0.2, 0) is 91.1 Å². The van der Waals surface area contributed by atoms with E-state index in [9.17, 15) is 91.1 Å². The van der Waals surface area contributed by atoms with Crippen molar-refractivity contribution in [2.45, 2.75) is 173 Å². The van der Waals surface area contributed by atoms with E-state index in [1.807, 2.05) is 0 Å². The van der Waals surface area contributed by atoms with Gasteiger partial charge in [0.2, 0.25) is 106 Å². The van der Waals surface area contributed by atoms with E-state index in [1.165, 1.54) is 41.5 Å². The molecule has 0 spiro atoms. The summed E-state index contributed by atoms with van der Waals surface area (Å²) in [6.07, 6.45) is -0.527.